The summed E-state index contributed by atoms with van der Waals surface area (Å²) >= 11 is 0. The molecule has 0 aliphatic heterocycles. The molecular formula is C13H18N2O4. The summed E-state index contributed by atoms with van der Waals surface area (Å²) in [5.41, 5.74) is 0.810. The average molecular weight is 266 g/mol. The molecule has 0 radical (unpaired) electrons. The Morgan fingerprint density at radius 1 is 1.21 bits per heavy atom. The number of urea groups is 1. The highest BCUT2D eigenvalue weighted by Gasteiger charge is 2.23. The van der Waals surface area contributed by atoms with Gasteiger partial charge in [-0.3, -0.25) is 0 Å². The van der Waals surface area contributed by atoms with Gasteiger partial charge >= 0.3 is 12.0 Å². The third kappa shape index (κ3) is 4.87. The van der Waals surface area contributed by atoms with E-state index < -0.39 is 18.0 Å². The highest BCUT2D eigenvalue weighted by Crippen LogP contribution is 2.09. The minimum absolute atomic E-state index is 0.152. The Kier molecular flexibility index (Phi) is 5.17. The summed E-state index contributed by atoms with van der Waals surface area (Å²) in [5.74, 6) is -1.11. The number of aromatic hydroxyl groups is 1. The van der Waals surface area contributed by atoms with Gasteiger partial charge < -0.3 is 20.8 Å². The molecule has 0 saturated heterocycles. The van der Waals surface area contributed by atoms with Crippen LogP contribution in [-0.2, 0) is 11.3 Å². The number of amides is 2. The number of carboxylic acids is 1. The molecule has 0 aromatic heterocycles. The lowest BCUT2D eigenvalue weighted by atomic mass is 10.1. The number of carboxylic acid groups (broad SMARTS) is 1. The number of carbonyl (C=O) groups excluding carboxylic acids is 1. The monoisotopic (exact) mass is 266 g/mol. The van der Waals surface area contributed by atoms with Crippen molar-refractivity contribution in [2.24, 2.45) is 5.92 Å². The molecule has 1 aromatic carbocycles. The largest absolute Gasteiger partial charge is 0.508 e. The summed E-state index contributed by atoms with van der Waals surface area (Å²) < 4.78 is 0. The predicted molar refractivity (Wildman–Crippen MR) is 69.7 cm³/mol. The summed E-state index contributed by atoms with van der Waals surface area (Å²) in [6, 6.07) is 4.93. The van der Waals surface area contributed by atoms with Gasteiger partial charge in [0.25, 0.3) is 0 Å². The molecule has 1 aromatic rings. The van der Waals surface area contributed by atoms with Crippen LogP contribution in [0.4, 0.5) is 4.79 Å². The maximum Gasteiger partial charge on any atom is 0.326 e. The van der Waals surface area contributed by atoms with Gasteiger partial charge in [0.2, 0.25) is 0 Å². The van der Waals surface area contributed by atoms with Crippen LogP contribution in [-0.4, -0.2) is 28.3 Å². The predicted octanol–water partition coefficient (Wildman–Crippen LogP) is 1.30. The number of rotatable bonds is 5. The number of benzene rings is 1. The van der Waals surface area contributed by atoms with E-state index in [4.69, 9.17) is 10.2 Å². The lowest BCUT2D eigenvalue weighted by Crippen LogP contribution is -2.48. The van der Waals surface area contributed by atoms with Gasteiger partial charge in [-0.05, 0) is 23.6 Å². The van der Waals surface area contributed by atoms with Crippen LogP contribution in [0.2, 0.25) is 0 Å². The maximum atomic E-state index is 11.6. The van der Waals surface area contributed by atoms with Crippen LogP contribution in [0.5, 0.6) is 5.75 Å². The highest BCUT2D eigenvalue weighted by molar-refractivity contribution is 5.82. The first-order valence-corrected chi connectivity index (χ1v) is 5.95. The lowest BCUT2D eigenvalue weighted by molar-refractivity contribution is -0.140. The van der Waals surface area contributed by atoms with E-state index in [1.165, 1.54) is 12.1 Å². The summed E-state index contributed by atoms with van der Waals surface area (Å²) in [4.78, 5) is 22.5. The van der Waals surface area contributed by atoms with Crippen molar-refractivity contribution >= 4 is 12.0 Å². The van der Waals surface area contributed by atoms with Gasteiger partial charge in [-0.2, -0.15) is 0 Å². The number of carbonyl (C=O) groups is 2. The van der Waals surface area contributed by atoms with Crippen LogP contribution < -0.4 is 10.6 Å². The highest BCUT2D eigenvalue weighted by atomic mass is 16.4. The van der Waals surface area contributed by atoms with E-state index in [2.05, 4.69) is 10.6 Å². The van der Waals surface area contributed by atoms with Crippen molar-refractivity contribution in [3.63, 3.8) is 0 Å². The Morgan fingerprint density at radius 3 is 2.26 bits per heavy atom. The Bertz CT molecular complexity index is 442. The number of phenolic OH excluding ortho intramolecular Hbond substituents is 1. The van der Waals surface area contributed by atoms with Crippen molar-refractivity contribution in [3.8, 4) is 5.75 Å². The molecule has 104 valence electrons. The minimum Gasteiger partial charge on any atom is -0.508 e. The van der Waals surface area contributed by atoms with Gasteiger partial charge in [0, 0.05) is 6.54 Å². The molecule has 0 fully saturated rings. The Hall–Kier alpha value is -2.24. The Labute approximate surface area is 111 Å². The molecule has 0 spiro atoms. The second-order valence-electron chi connectivity index (χ2n) is 4.55. The van der Waals surface area contributed by atoms with Crippen LogP contribution >= 0.6 is 0 Å². The molecule has 0 heterocycles. The Morgan fingerprint density at radius 2 is 1.79 bits per heavy atom. The minimum atomic E-state index is -1.06. The van der Waals surface area contributed by atoms with Gasteiger partial charge in [0.15, 0.2) is 0 Å². The van der Waals surface area contributed by atoms with E-state index >= 15 is 0 Å². The van der Waals surface area contributed by atoms with Gasteiger partial charge in [0.1, 0.15) is 11.8 Å². The summed E-state index contributed by atoms with van der Waals surface area (Å²) in [7, 11) is 0. The van der Waals surface area contributed by atoms with Crippen LogP contribution in [0.25, 0.3) is 0 Å². The first-order chi connectivity index (χ1) is 8.90. The normalized spacial score (nSPS) is 11.9. The third-order valence-electron chi connectivity index (χ3n) is 2.61. The quantitative estimate of drug-likeness (QED) is 0.645. The zero-order valence-electron chi connectivity index (χ0n) is 10.9. The van der Waals surface area contributed by atoms with E-state index in [1.54, 1.807) is 26.0 Å². The first-order valence-electron chi connectivity index (χ1n) is 5.95. The average Bonchev–Trinajstić information content (AvgIpc) is 2.34. The van der Waals surface area contributed by atoms with Gasteiger partial charge in [-0.15, -0.1) is 0 Å². The zero-order chi connectivity index (χ0) is 14.4. The van der Waals surface area contributed by atoms with E-state index in [0.29, 0.717) is 0 Å². The van der Waals surface area contributed by atoms with Gasteiger partial charge in [-0.1, -0.05) is 26.0 Å². The number of hydrogen-bond acceptors (Lipinski definition) is 3. The second-order valence-corrected chi connectivity index (χ2v) is 4.55. The Balaban J connectivity index is 2.47. The van der Waals surface area contributed by atoms with E-state index in [0.717, 1.165) is 5.56 Å². The molecule has 0 bridgehead atoms. The molecule has 4 N–H and O–H groups in total. The molecule has 1 rings (SSSR count). The third-order valence-corrected chi connectivity index (χ3v) is 2.61. The molecule has 6 heteroatoms. The fraction of sp³-hybridized carbons (Fsp3) is 0.385. The van der Waals surface area contributed by atoms with Crippen LogP contribution in [0, 0.1) is 5.92 Å². The fourth-order valence-electron chi connectivity index (χ4n) is 1.50. The van der Waals surface area contributed by atoms with Crippen LogP contribution in [0.1, 0.15) is 19.4 Å². The van der Waals surface area contributed by atoms with Gasteiger partial charge in [-0.25, -0.2) is 9.59 Å². The zero-order valence-corrected chi connectivity index (χ0v) is 10.9. The topological polar surface area (TPSA) is 98.7 Å². The van der Waals surface area contributed by atoms with Crippen molar-refractivity contribution in [2.45, 2.75) is 26.4 Å². The van der Waals surface area contributed by atoms with Crippen molar-refractivity contribution in [3.05, 3.63) is 29.8 Å². The molecule has 6 nitrogen and oxygen atoms in total. The van der Waals surface area contributed by atoms with Crippen molar-refractivity contribution in [2.75, 3.05) is 0 Å². The fourth-order valence-corrected chi connectivity index (χ4v) is 1.50. The van der Waals surface area contributed by atoms with Crippen LogP contribution in [0.3, 0.4) is 0 Å². The molecule has 2 amide bonds. The maximum absolute atomic E-state index is 11.6. The number of nitrogens with one attached hydrogen (secondary N) is 2. The van der Waals surface area contributed by atoms with Crippen LogP contribution in [0.15, 0.2) is 24.3 Å². The van der Waals surface area contributed by atoms with E-state index in [1.807, 2.05) is 0 Å². The van der Waals surface area contributed by atoms with E-state index in [-0.39, 0.29) is 18.2 Å². The summed E-state index contributed by atoms with van der Waals surface area (Å²) in [6.07, 6.45) is 0. The molecular weight excluding hydrogens is 248 g/mol. The summed E-state index contributed by atoms with van der Waals surface area (Å²) in [6.45, 7) is 3.70. The molecule has 0 aliphatic rings. The number of hydrogen-bond donors (Lipinski definition) is 4. The molecule has 1 unspecified atom stereocenters. The number of phenols is 1. The van der Waals surface area contributed by atoms with E-state index in [9.17, 15) is 9.59 Å². The molecule has 19 heavy (non-hydrogen) atoms. The smallest absolute Gasteiger partial charge is 0.326 e. The number of aliphatic carboxylic acids is 1. The van der Waals surface area contributed by atoms with Crippen molar-refractivity contribution < 1.29 is 19.8 Å². The second kappa shape index (κ2) is 6.63. The summed E-state index contributed by atoms with van der Waals surface area (Å²) in [5, 5.41) is 23.0. The molecule has 0 aliphatic carbocycles. The molecule has 1 atom stereocenters. The molecule has 0 saturated carbocycles. The van der Waals surface area contributed by atoms with Crippen molar-refractivity contribution in [1.29, 1.82) is 0 Å². The first kappa shape index (κ1) is 14.8. The van der Waals surface area contributed by atoms with Gasteiger partial charge in [0.05, 0.1) is 0 Å². The van der Waals surface area contributed by atoms with Crippen molar-refractivity contribution in [1.82, 2.24) is 10.6 Å². The SMILES string of the molecule is CC(C)C(NC(=O)NCc1ccc(O)cc1)C(=O)O. The lowest BCUT2D eigenvalue weighted by Gasteiger charge is -2.18. The standard InChI is InChI=1S/C13H18N2O4/c1-8(2)11(12(17)18)15-13(19)14-7-9-3-5-10(16)6-4-9/h3-6,8,11,16H,7H2,1-2H3,(H,17,18)(H2,14,15,19).